The molecule has 0 radical (unpaired) electrons. The first-order valence-corrected chi connectivity index (χ1v) is 7.98. The van der Waals surface area contributed by atoms with Crippen molar-refractivity contribution in [2.24, 2.45) is 0 Å². The molecule has 0 spiro atoms. The molecule has 2 heterocycles. The highest BCUT2D eigenvalue weighted by Gasteiger charge is 2.18. The van der Waals surface area contributed by atoms with E-state index in [4.69, 9.17) is 4.74 Å². The van der Waals surface area contributed by atoms with Gasteiger partial charge in [0.2, 0.25) is 5.88 Å². The third-order valence-electron chi connectivity index (χ3n) is 4.00. The van der Waals surface area contributed by atoms with Crippen molar-refractivity contribution in [3.05, 3.63) is 66.4 Å². The number of hydrogen-bond donors (Lipinski definition) is 1. The summed E-state index contributed by atoms with van der Waals surface area (Å²) in [7, 11) is 0. The van der Waals surface area contributed by atoms with E-state index in [-0.39, 0.29) is 5.91 Å². The quantitative estimate of drug-likeness (QED) is 0.803. The number of benzene rings is 2. The van der Waals surface area contributed by atoms with Gasteiger partial charge in [0.1, 0.15) is 0 Å². The highest BCUT2D eigenvalue weighted by molar-refractivity contribution is 6.05. The number of carbonyl (C=O) groups is 1. The summed E-state index contributed by atoms with van der Waals surface area (Å²) in [6.45, 7) is 1.45. The molecule has 24 heavy (non-hydrogen) atoms. The molecule has 1 aliphatic heterocycles. The molecule has 0 saturated heterocycles. The van der Waals surface area contributed by atoms with E-state index < -0.39 is 0 Å². The number of para-hydroxylation sites is 1. The number of anilines is 1. The largest absolute Gasteiger partial charge is 0.478 e. The number of hydrogen-bond acceptors (Lipinski definition) is 3. The van der Waals surface area contributed by atoms with Crippen molar-refractivity contribution in [1.29, 1.82) is 0 Å². The Morgan fingerprint density at radius 2 is 1.88 bits per heavy atom. The molecule has 0 aliphatic carbocycles. The fourth-order valence-electron chi connectivity index (χ4n) is 2.83. The Morgan fingerprint density at radius 3 is 2.71 bits per heavy atom. The minimum absolute atomic E-state index is 0.233. The lowest BCUT2D eigenvalue weighted by atomic mass is 10.0. The molecule has 2 aromatic carbocycles. The molecular formula is C19H17N3O2. The van der Waals surface area contributed by atoms with Crippen molar-refractivity contribution in [3.63, 3.8) is 0 Å². The first-order chi connectivity index (χ1) is 11.8. The summed E-state index contributed by atoms with van der Waals surface area (Å²) in [6, 6.07) is 19.4. The standard InChI is InChI=1S/C19H17N3O2/c23-19(17-13-18-22(21-17)11-6-12-24-18)20-16-10-5-4-9-15(16)14-7-2-1-3-8-14/h1-5,7-10,13H,6,11-12H2,(H,20,23). The van der Waals surface area contributed by atoms with Crippen LogP contribution in [0.15, 0.2) is 60.7 Å². The molecule has 0 unspecified atom stereocenters. The van der Waals surface area contributed by atoms with Crippen LogP contribution in [0.5, 0.6) is 5.88 Å². The van der Waals surface area contributed by atoms with Crippen molar-refractivity contribution in [3.8, 4) is 17.0 Å². The average Bonchev–Trinajstić information content (AvgIpc) is 3.07. The molecule has 0 bridgehead atoms. The number of nitrogens with zero attached hydrogens (tertiary/aromatic N) is 2. The Balaban J connectivity index is 1.62. The lowest BCUT2D eigenvalue weighted by molar-refractivity contribution is 0.102. The summed E-state index contributed by atoms with van der Waals surface area (Å²) < 4.78 is 7.26. The van der Waals surface area contributed by atoms with Crippen molar-refractivity contribution >= 4 is 11.6 Å². The monoisotopic (exact) mass is 319 g/mol. The van der Waals surface area contributed by atoms with E-state index in [0.29, 0.717) is 18.2 Å². The van der Waals surface area contributed by atoms with Gasteiger partial charge in [-0.1, -0.05) is 48.5 Å². The van der Waals surface area contributed by atoms with E-state index in [0.717, 1.165) is 29.8 Å². The van der Waals surface area contributed by atoms with Gasteiger partial charge in [-0.3, -0.25) is 4.79 Å². The predicted molar refractivity (Wildman–Crippen MR) is 92.2 cm³/mol. The molecule has 3 aromatic rings. The summed E-state index contributed by atoms with van der Waals surface area (Å²) in [6.07, 6.45) is 0.909. The van der Waals surface area contributed by atoms with Gasteiger partial charge >= 0.3 is 0 Å². The zero-order chi connectivity index (χ0) is 16.4. The van der Waals surface area contributed by atoms with E-state index in [1.54, 1.807) is 10.7 Å². The maximum atomic E-state index is 12.6. The van der Waals surface area contributed by atoms with Gasteiger partial charge in [-0.15, -0.1) is 0 Å². The first kappa shape index (κ1) is 14.5. The molecular weight excluding hydrogens is 302 g/mol. The minimum Gasteiger partial charge on any atom is -0.478 e. The van der Waals surface area contributed by atoms with Crippen molar-refractivity contribution in [2.45, 2.75) is 13.0 Å². The number of fused-ring (bicyclic) bond motifs is 1. The molecule has 1 amide bonds. The molecule has 0 atom stereocenters. The molecule has 5 nitrogen and oxygen atoms in total. The molecule has 1 N–H and O–H groups in total. The van der Waals surface area contributed by atoms with Crippen LogP contribution in [0.3, 0.4) is 0 Å². The SMILES string of the molecule is O=C(Nc1ccccc1-c1ccccc1)c1cc2n(n1)CCCO2. The summed E-state index contributed by atoms with van der Waals surface area (Å²) >= 11 is 0. The van der Waals surface area contributed by atoms with Crippen molar-refractivity contribution < 1.29 is 9.53 Å². The van der Waals surface area contributed by atoms with Gasteiger partial charge in [0.15, 0.2) is 5.69 Å². The van der Waals surface area contributed by atoms with Crippen LogP contribution < -0.4 is 10.1 Å². The summed E-state index contributed by atoms with van der Waals surface area (Å²) in [5, 5.41) is 7.29. The Labute approximate surface area is 139 Å². The van der Waals surface area contributed by atoms with E-state index in [9.17, 15) is 4.79 Å². The lowest BCUT2D eigenvalue weighted by Crippen LogP contribution is -2.16. The van der Waals surface area contributed by atoms with Gasteiger partial charge < -0.3 is 10.1 Å². The number of rotatable bonds is 3. The van der Waals surface area contributed by atoms with Crippen LogP contribution in [0, 0.1) is 0 Å². The molecule has 0 fully saturated rings. The van der Waals surface area contributed by atoms with Crippen LogP contribution in [-0.2, 0) is 6.54 Å². The Kier molecular flexibility index (Phi) is 3.75. The Bertz CT molecular complexity index is 848. The molecule has 1 aliphatic rings. The van der Waals surface area contributed by atoms with Crippen LogP contribution in [0.4, 0.5) is 5.69 Å². The van der Waals surface area contributed by atoms with Crippen LogP contribution >= 0.6 is 0 Å². The third kappa shape index (κ3) is 2.76. The number of amides is 1. The van der Waals surface area contributed by atoms with E-state index in [1.807, 2.05) is 54.6 Å². The van der Waals surface area contributed by atoms with Crippen LogP contribution in [0.1, 0.15) is 16.9 Å². The number of aryl methyl sites for hydroxylation is 1. The van der Waals surface area contributed by atoms with E-state index in [1.165, 1.54) is 0 Å². The highest BCUT2D eigenvalue weighted by atomic mass is 16.5. The van der Waals surface area contributed by atoms with Gasteiger partial charge in [0, 0.05) is 30.3 Å². The topological polar surface area (TPSA) is 56.2 Å². The van der Waals surface area contributed by atoms with Gasteiger partial charge in [0.05, 0.1) is 6.61 Å². The molecule has 1 aromatic heterocycles. The second-order valence-corrected chi connectivity index (χ2v) is 5.66. The lowest BCUT2D eigenvalue weighted by Gasteiger charge is -2.13. The van der Waals surface area contributed by atoms with Gasteiger partial charge in [0.25, 0.3) is 5.91 Å². The number of nitrogens with one attached hydrogen (secondary N) is 1. The van der Waals surface area contributed by atoms with Crippen LogP contribution in [0.2, 0.25) is 0 Å². The molecule has 5 heteroatoms. The molecule has 4 rings (SSSR count). The average molecular weight is 319 g/mol. The predicted octanol–water partition coefficient (Wildman–Crippen LogP) is 3.58. The summed E-state index contributed by atoms with van der Waals surface area (Å²) in [4.78, 5) is 12.6. The second kappa shape index (κ2) is 6.20. The summed E-state index contributed by atoms with van der Waals surface area (Å²) in [5.41, 5.74) is 3.17. The zero-order valence-corrected chi connectivity index (χ0v) is 13.1. The van der Waals surface area contributed by atoms with Gasteiger partial charge in [-0.05, 0) is 11.6 Å². The number of aromatic nitrogens is 2. The highest BCUT2D eigenvalue weighted by Crippen LogP contribution is 2.28. The third-order valence-corrected chi connectivity index (χ3v) is 4.00. The minimum atomic E-state index is -0.233. The normalized spacial score (nSPS) is 13.0. The zero-order valence-electron chi connectivity index (χ0n) is 13.1. The van der Waals surface area contributed by atoms with Gasteiger partial charge in [-0.25, -0.2) is 4.68 Å². The van der Waals surface area contributed by atoms with E-state index in [2.05, 4.69) is 10.4 Å². The second-order valence-electron chi connectivity index (χ2n) is 5.66. The number of ether oxygens (including phenoxy) is 1. The molecule has 0 saturated carbocycles. The fraction of sp³-hybridized carbons (Fsp3) is 0.158. The molecule has 120 valence electrons. The smallest absolute Gasteiger partial charge is 0.276 e. The van der Waals surface area contributed by atoms with Crippen LogP contribution in [0.25, 0.3) is 11.1 Å². The Morgan fingerprint density at radius 1 is 1.08 bits per heavy atom. The first-order valence-electron chi connectivity index (χ1n) is 7.98. The van der Waals surface area contributed by atoms with Crippen molar-refractivity contribution in [2.75, 3.05) is 11.9 Å². The maximum absolute atomic E-state index is 12.6. The Hall–Kier alpha value is -3.08. The van der Waals surface area contributed by atoms with Gasteiger partial charge in [-0.2, -0.15) is 5.10 Å². The fourth-order valence-corrected chi connectivity index (χ4v) is 2.83. The van der Waals surface area contributed by atoms with E-state index >= 15 is 0 Å². The maximum Gasteiger partial charge on any atom is 0.276 e. The van der Waals surface area contributed by atoms with Crippen molar-refractivity contribution in [1.82, 2.24) is 9.78 Å². The number of carbonyl (C=O) groups excluding carboxylic acids is 1. The van der Waals surface area contributed by atoms with Crippen LogP contribution in [-0.4, -0.2) is 22.3 Å². The summed E-state index contributed by atoms with van der Waals surface area (Å²) in [5.74, 6) is 0.423.